The number of anilines is 1. The fourth-order valence-corrected chi connectivity index (χ4v) is 2.70. The van der Waals surface area contributed by atoms with Gasteiger partial charge in [0.15, 0.2) is 0 Å². The van der Waals surface area contributed by atoms with Crippen molar-refractivity contribution in [2.24, 2.45) is 0 Å². The smallest absolute Gasteiger partial charge is 0.251 e. The molecule has 0 amide bonds. The van der Waals surface area contributed by atoms with Gasteiger partial charge in [-0.25, -0.2) is 8.78 Å². The van der Waals surface area contributed by atoms with Crippen molar-refractivity contribution in [1.82, 2.24) is 5.32 Å². The van der Waals surface area contributed by atoms with Gasteiger partial charge >= 0.3 is 0 Å². The molecular formula is C15H22F2N2O. The second kappa shape index (κ2) is 6.39. The Balaban J connectivity index is 2.23. The van der Waals surface area contributed by atoms with Crippen LogP contribution in [0, 0.1) is 0 Å². The maximum absolute atomic E-state index is 13.7. The van der Waals surface area contributed by atoms with Gasteiger partial charge in [-0.15, -0.1) is 0 Å². The van der Waals surface area contributed by atoms with E-state index in [1.54, 1.807) is 7.11 Å². The lowest BCUT2D eigenvalue weighted by Crippen LogP contribution is -2.51. The van der Waals surface area contributed by atoms with Crippen LogP contribution in [0.1, 0.15) is 19.8 Å². The Bertz CT molecular complexity index is 440. The molecule has 1 N–H and O–H groups in total. The van der Waals surface area contributed by atoms with Gasteiger partial charge in [-0.3, -0.25) is 0 Å². The van der Waals surface area contributed by atoms with Crippen LogP contribution in [0.5, 0.6) is 5.75 Å². The van der Waals surface area contributed by atoms with Crippen LogP contribution >= 0.6 is 0 Å². The van der Waals surface area contributed by atoms with Crippen molar-refractivity contribution in [2.75, 3.05) is 31.6 Å². The summed E-state index contributed by atoms with van der Waals surface area (Å²) in [7, 11) is 1.61. The molecule has 0 saturated carbocycles. The molecule has 0 radical (unpaired) electrons. The van der Waals surface area contributed by atoms with Gasteiger partial charge in [0, 0.05) is 32.0 Å². The molecule has 1 fully saturated rings. The predicted octanol–water partition coefficient (Wildman–Crippen LogP) is 2.91. The van der Waals surface area contributed by atoms with Crippen molar-refractivity contribution in [2.45, 2.75) is 31.7 Å². The fraction of sp³-hybridized carbons (Fsp3) is 0.600. The fourth-order valence-electron chi connectivity index (χ4n) is 2.70. The third kappa shape index (κ3) is 3.39. The number of hydrogen-bond donors (Lipinski definition) is 1. The molecule has 1 heterocycles. The molecule has 1 aromatic rings. The largest absolute Gasteiger partial charge is 0.495 e. The van der Waals surface area contributed by atoms with Crippen molar-refractivity contribution >= 4 is 5.69 Å². The van der Waals surface area contributed by atoms with Crippen molar-refractivity contribution in [3.05, 3.63) is 24.3 Å². The van der Waals surface area contributed by atoms with Gasteiger partial charge in [0.2, 0.25) is 0 Å². The molecule has 5 heteroatoms. The van der Waals surface area contributed by atoms with Crippen LogP contribution in [0.25, 0.3) is 0 Å². The first kappa shape index (κ1) is 15.0. The van der Waals surface area contributed by atoms with Crippen molar-refractivity contribution in [3.8, 4) is 5.75 Å². The normalized spacial score (nSPS) is 21.8. The number of nitrogens with zero attached hydrogens (tertiary/aromatic N) is 1. The Morgan fingerprint density at radius 1 is 1.40 bits per heavy atom. The lowest BCUT2D eigenvalue weighted by molar-refractivity contribution is -0.0336. The van der Waals surface area contributed by atoms with Gasteiger partial charge in [0.25, 0.3) is 5.92 Å². The molecule has 2 rings (SSSR count). The average molecular weight is 284 g/mol. The number of para-hydroxylation sites is 2. The summed E-state index contributed by atoms with van der Waals surface area (Å²) in [5.41, 5.74) is 0.897. The third-order valence-electron chi connectivity index (χ3n) is 3.72. The van der Waals surface area contributed by atoms with Crippen LogP contribution in [0.3, 0.4) is 0 Å². The Kier molecular flexibility index (Phi) is 4.81. The average Bonchev–Trinajstić information content (AvgIpc) is 2.44. The number of piperidine rings is 1. The van der Waals surface area contributed by atoms with E-state index in [0.29, 0.717) is 13.1 Å². The number of halogens is 2. The molecule has 112 valence electrons. The summed E-state index contributed by atoms with van der Waals surface area (Å²) in [6.45, 7) is 3.67. The highest BCUT2D eigenvalue weighted by atomic mass is 19.3. The molecule has 0 aromatic heterocycles. The molecule has 1 atom stereocenters. The minimum atomic E-state index is -2.57. The summed E-state index contributed by atoms with van der Waals surface area (Å²) in [4.78, 5) is 2.04. The molecule has 3 nitrogen and oxygen atoms in total. The van der Waals surface area contributed by atoms with E-state index in [1.165, 1.54) is 0 Å². The Labute approximate surface area is 118 Å². The summed E-state index contributed by atoms with van der Waals surface area (Å²) < 4.78 is 32.7. The SMILES string of the molecule is CCNCC1CC(F)(F)CCN1c1ccccc1OC. The molecule has 1 aromatic carbocycles. The molecule has 20 heavy (non-hydrogen) atoms. The maximum Gasteiger partial charge on any atom is 0.251 e. The Morgan fingerprint density at radius 2 is 2.15 bits per heavy atom. The van der Waals surface area contributed by atoms with Gasteiger partial charge in [0.05, 0.1) is 12.8 Å². The van der Waals surface area contributed by atoms with E-state index >= 15 is 0 Å². The van der Waals surface area contributed by atoms with Gasteiger partial charge in [-0.05, 0) is 18.7 Å². The number of nitrogens with one attached hydrogen (secondary N) is 1. The minimum absolute atomic E-state index is 0.103. The quantitative estimate of drug-likeness (QED) is 0.900. The van der Waals surface area contributed by atoms with Crippen LogP contribution in [0.15, 0.2) is 24.3 Å². The van der Waals surface area contributed by atoms with Gasteiger partial charge in [0.1, 0.15) is 5.75 Å². The van der Waals surface area contributed by atoms with E-state index in [4.69, 9.17) is 4.74 Å². The van der Waals surface area contributed by atoms with Crippen LogP contribution in [0.4, 0.5) is 14.5 Å². The van der Waals surface area contributed by atoms with E-state index in [0.717, 1.165) is 18.0 Å². The van der Waals surface area contributed by atoms with Crippen LogP contribution in [0.2, 0.25) is 0 Å². The second-order valence-corrected chi connectivity index (χ2v) is 5.14. The molecule has 1 unspecified atom stereocenters. The topological polar surface area (TPSA) is 24.5 Å². The highest BCUT2D eigenvalue weighted by Gasteiger charge is 2.40. The molecule has 0 aliphatic carbocycles. The summed E-state index contributed by atoms with van der Waals surface area (Å²) in [6.07, 6.45) is -0.217. The molecule has 1 saturated heterocycles. The van der Waals surface area contributed by atoms with Gasteiger partial charge in [-0.1, -0.05) is 19.1 Å². The molecule has 1 aliphatic heterocycles. The molecule has 1 aliphatic rings. The highest BCUT2D eigenvalue weighted by Crippen LogP contribution is 2.37. The van der Waals surface area contributed by atoms with E-state index in [2.05, 4.69) is 5.32 Å². The van der Waals surface area contributed by atoms with Crippen LogP contribution in [-0.2, 0) is 0 Å². The number of hydrogen-bond acceptors (Lipinski definition) is 3. The second-order valence-electron chi connectivity index (χ2n) is 5.14. The van der Waals surface area contributed by atoms with E-state index in [1.807, 2.05) is 36.1 Å². The lowest BCUT2D eigenvalue weighted by Gasteiger charge is -2.41. The number of methoxy groups -OCH3 is 1. The first-order valence-electron chi connectivity index (χ1n) is 7.05. The standard InChI is InChI=1S/C15H22F2N2O/c1-3-18-11-12-10-15(16,17)8-9-19(12)13-6-4-5-7-14(13)20-2/h4-7,12,18H,3,8-11H2,1-2H3. The Hall–Kier alpha value is -1.36. The predicted molar refractivity (Wildman–Crippen MR) is 76.9 cm³/mol. The summed E-state index contributed by atoms with van der Waals surface area (Å²) in [5, 5.41) is 3.18. The summed E-state index contributed by atoms with van der Waals surface area (Å²) in [6, 6.07) is 7.39. The Morgan fingerprint density at radius 3 is 2.85 bits per heavy atom. The lowest BCUT2D eigenvalue weighted by atomic mass is 9.97. The zero-order valence-corrected chi connectivity index (χ0v) is 12.0. The highest BCUT2D eigenvalue weighted by molar-refractivity contribution is 5.59. The van der Waals surface area contributed by atoms with E-state index < -0.39 is 5.92 Å². The summed E-state index contributed by atoms with van der Waals surface area (Å²) >= 11 is 0. The summed E-state index contributed by atoms with van der Waals surface area (Å²) in [5.74, 6) is -1.84. The number of rotatable bonds is 5. The zero-order chi connectivity index (χ0) is 14.6. The van der Waals surface area contributed by atoms with Crippen molar-refractivity contribution in [3.63, 3.8) is 0 Å². The minimum Gasteiger partial charge on any atom is -0.495 e. The van der Waals surface area contributed by atoms with Crippen molar-refractivity contribution in [1.29, 1.82) is 0 Å². The van der Waals surface area contributed by atoms with E-state index in [9.17, 15) is 8.78 Å². The number of benzene rings is 1. The first-order chi connectivity index (χ1) is 9.57. The number of likely N-dealkylation sites (N-methyl/N-ethyl adjacent to an activating group) is 1. The molecule has 0 spiro atoms. The van der Waals surface area contributed by atoms with E-state index in [-0.39, 0.29) is 18.9 Å². The third-order valence-corrected chi connectivity index (χ3v) is 3.72. The van der Waals surface area contributed by atoms with Crippen LogP contribution < -0.4 is 15.0 Å². The van der Waals surface area contributed by atoms with Crippen LogP contribution in [-0.4, -0.2) is 38.7 Å². The zero-order valence-electron chi connectivity index (χ0n) is 12.0. The van der Waals surface area contributed by atoms with Gasteiger partial charge in [-0.2, -0.15) is 0 Å². The number of alkyl halides is 2. The molecular weight excluding hydrogens is 262 g/mol. The number of ether oxygens (including phenoxy) is 1. The first-order valence-corrected chi connectivity index (χ1v) is 7.05. The maximum atomic E-state index is 13.7. The van der Waals surface area contributed by atoms with Gasteiger partial charge < -0.3 is 15.0 Å². The van der Waals surface area contributed by atoms with Crippen molar-refractivity contribution < 1.29 is 13.5 Å². The monoisotopic (exact) mass is 284 g/mol. The molecule has 0 bridgehead atoms.